The van der Waals surface area contributed by atoms with E-state index in [-0.39, 0.29) is 11.8 Å². The summed E-state index contributed by atoms with van der Waals surface area (Å²) in [6.45, 7) is 7.14. The molecule has 0 atom stereocenters. The van der Waals surface area contributed by atoms with E-state index in [9.17, 15) is 14.4 Å². The van der Waals surface area contributed by atoms with Crippen molar-refractivity contribution < 1.29 is 14.4 Å². The molecule has 0 radical (unpaired) electrons. The number of likely N-dealkylation sites (N-methyl/N-ethyl adjacent to an activating group) is 1. The van der Waals surface area contributed by atoms with Crippen LogP contribution < -0.4 is 11.1 Å². The Labute approximate surface area is 228 Å². The zero-order chi connectivity index (χ0) is 27.7. The fourth-order valence-electron chi connectivity index (χ4n) is 5.38. The molecule has 3 aromatic carbocycles. The Morgan fingerprint density at radius 3 is 2.49 bits per heavy atom. The molecule has 0 unspecified atom stereocenters. The fourth-order valence-corrected chi connectivity index (χ4v) is 5.38. The highest BCUT2D eigenvalue weighted by atomic mass is 16.2. The van der Waals surface area contributed by atoms with Gasteiger partial charge in [-0.05, 0) is 61.3 Å². The number of rotatable bonds is 7. The molecule has 1 fully saturated rings. The molecule has 5 rings (SSSR count). The number of hydrogen-bond acceptors (Lipinski definition) is 4. The third kappa shape index (κ3) is 5.12. The molecule has 0 aliphatic carbocycles. The number of aromatic nitrogens is 1. The van der Waals surface area contributed by atoms with E-state index in [1.807, 2.05) is 54.3 Å². The van der Waals surface area contributed by atoms with Crippen LogP contribution in [0.2, 0.25) is 0 Å². The number of amides is 3. The maximum atomic E-state index is 13.2. The highest BCUT2D eigenvalue weighted by Gasteiger charge is 2.23. The molecule has 3 amide bonds. The number of nitrogens with zero attached hydrogens (tertiary/aromatic N) is 2. The molecular weight excluding hydrogens is 490 g/mol. The lowest BCUT2D eigenvalue weighted by molar-refractivity contribution is -0.116. The predicted octanol–water partition coefficient (Wildman–Crippen LogP) is 4.91. The van der Waals surface area contributed by atoms with E-state index in [4.69, 9.17) is 5.73 Å². The molecule has 0 spiro atoms. The van der Waals surface area contributed by atoms with Crippen molar-refractivity contribution in [1.29, 1.82) is 0 Å². The highest BCUT2D eigenvalue weighted by Crippen LogP contribution is 2.39. The van der Waals surface area contributed by atoms with E-state index in [1.165, 1.54) is 0 Å². The van der Waals surface area contributed by atoms with Crippen LogP contribution in [0, 0.1) is 6.92 Å². The molecule has 1 aliphatic rings. The van der Waals surface area contributed by atoms with Crippen LogP contribution in [0.15, 0.2) is 48.5 Å². The minimum absolute atomic E-state index is 0.00126. The zero-order valence-corrected chi connectivity index (χ0v) is 22.8. The zero-order valence-electron chi connectivity index (χ0n) is 22.8. The average molecular weight is 526 g/mol. The van der Waals surface area contributed by atoms with Gasteiger partial charge in [-0.1, -0.05) is 37.6 Å². The summed E-state index contributed by atoms with van der Waals surface area (Å²) in [6, 6.07) is 15.1. The van der Waals surface area contributed by atoms with Crippen LogP contribution in [-0.4, -0.2) is 65.7 Å². The number of anilines is 1. The molecule has 1 aromatic heterocycles. The Bertz CT molecular complexity index is 1580. The van der Waals surface area contributed by atoms with Crippen molar-refractivity contribution in [3.05, 3.63) is 65.2 Å². The lowest BCUT2D eigenvalue weighted by Gasteiger charge is -2.32. The first kappa shape index (κ1) is 26.4. The molecule has 0 bridgehead atoms. The number of nitrogens with two attached hydrogens (primary N) is 1. The van der Waals surface area contributed by atoms with Crippen LogP contribution in [0.3, 0.4) is 0 Å². The van der Waals surface area contributed by atoms with Crippen molar-refractivity contribution in [2.24, 2.45) is 5.73 Å². The Hall–Kier alpha value is -4.17. The quantitative estimate of drug-likeness (QED) is 0.318. The number of hydrogen-bond donors (Lipinski definition) is 3. The van der Waals surface area contributed by atoms with Gasteiger partial charge in [-0.25, -0.2) is 0 Å². The van der Waals surface area contributed by atoms with E-state index >= 15 is 0 Å². The van der Waals surface area contributed by atoms with E-state index in [0.717, 1.165) is 64.6 Å². The number of aromatic amines is 1. The summed E-state index contributed by atoms with van der Waals surface area (Å²) in [4.78, 5) is 45.5. The van der Waals surface area contributed by atoms with Gasteiger partial charge in [0.25, 0.3) is 11.8 Å². The second kappa shape index (κ2) is 10.9. The lowest BCUT2D eigenvalue weighted by Crippen LogP contribution is -2.47. The standard InChI is InChI=1S/C31H35N5O3/c1-4-5-9-27(37)33-25-8-6-7-21(19(25)2)22-12-13-24(30(32)38)29-28(22)23-11-10-20(18-26(23)34-29)31(39)36-16-14-35(3)15-17-36/h6-8,10-13,18,34H,4-5,9,14-17H2,1-3H3,(H2,32,38)(H,33,37). The molecule has 4 aromatic rings. The second-order valence-electron chi connectivity index (χ2n) is 10.4. The minimum Gasteiger partial charge on any atom is -0.366 e. The summed E-state index contributed by atoms with van der Waals surface area (Å²) in [5, 5.41) is 4.81. The van der Waals surface area contributed by atoms with Gasteiger partial charge in [-0.3, -0.25) is 14.4 Å². The maximum absolute atomic E-state index is 13.2. The van der Waals surface area contributed by atoms with Crippen molar-refractivity contribution in [3.8, 4) is 11.1 Å². The third-order valence-corrected chi connectivity index (χ3v) is 7.71. The minimum atomic E-state index is -0.527. The van der Waals surface area contributed by atoms with Crippen molar-refractivity contribution in [1.82, 2.24) is 14.8 Å². The molecule has 8 heteroatoms. The molecule has 2 heterocycles. The number of unbranched alkanes of at least 4 members (excludes halogenated alkanes) is 1. The predicted molar refractivity (Wildman–Crippen MR) is 156 cm³/mol. The van der Waals surface area contributed by atoms with E-state index in [0.29, 0.717) is 36.2 Å². The van der Waals surface area contributed by atoms with Crippen LogP contribution >= 0.6 is 0 Å². The van der Waals surface area contributed by atoms with Crippen LogP contribution in [-0.2, 0) is 4.79 Å². The van der Waals surface area contributed by atoms with Gasteiger partial charge in [0, 0.05) is 60.1 Å². The van der Waals surface area contributed by atoms with Crippen molar-refractivity contribution >= 4 is 45.2 Å². The molecule has 202 valence electrons. The first-order valence-corrected chi connectivity index (χ1v) is 13.5. The smallest absolute Gasteiger partial charge is 0.254 e. The lowest BCUT2D eigenvalue weighted by atomic mass is 9.93. The molecule has 1 aliphatic heterocycles. The van der Waals surface area contributed by atoms with E-state index < -0.39 is 5.91 Å². The first-order valence-electron chi connectivity index (χ1n) is 13.5. The Balaban J connectivity index is 1.60. The molecule has 4 N–H and O–H groups in total. The number of carbonyl (C=O) groups is 3. The van der Waals surface area contributed by atoms with Crippen molar-refractivity contribution in [2.75, 3.05) is 38.5 Å². The number of primary amides is 1. The summed E-state index contributed by atoms with van der Waals surface area (Å²) in [7, 11) is 2.06. The molecule has 0 saturated carbocycles. The van der Waals surface area contributed by atoms with Crippen LogP contribution in [0.25, 0.3) is 32.9 Å². The SMILES string of the molecule is CCCCC(=O)Nc1cccc(-c2ccc(C(N)=O)c3[nH]c4cc(C(=O)N5CCN(C)CC5)ccc4c23)c1C. The molecular formula is C31H35N5O3. The van der Waals surface area contributed by atoms with E-state index in [2.05, 4.69) is 29.2 Å². The summed E-state index contributed by atoms with van der Waals surface area (Å²) < 4.78 is 0. The Morgan fingerprint density at radius 1 is 1.00 bits per heavy atom. The molecule has 39 heavy (non-hydrogen) atoms. The van der Waals surface area contributed by atoms with Gasteiger partial charge in [0.05, 0.1) is 11.1 Å². The van der Waals surface area contributed by atoms with Gasteiger partial charge in [0.1, 0.15) is 0 Å². The van der Waals surface area contributed by atoms with Gasteiger partial charge in [0.2, 0.25) is 5.91 Å². The summed E-state index contributed by atoms with van der Waals surface area (Å²) >= 11 is 0. The summed E-state index contributed by atoms with van der Waals surface area (Å²) in [5.41, 5.74) is 11.7. The number of piperazine rings is 1. The van der Waals surface area contributed by atoms with Gasteiger partial charge in [-0.2, -0.15) is 0 Å². The van der Waals surface area contributed by atoms with Crippen molar-refractivity contribution in [3.63, 3.8) is 0 Å². The highest BCUT2D eigenvalue weighted by molar-refractivity contribution is 6.20. The van der Waals surface area contributed by atoms with Gasteiger partial charge in [0.15, 0.2) is 0 Å². The maximum Gasteiger partial charge on any atom is 0.254 e. The van der Waals surface area contributed by atoms with Crippen LogP contribution in [0.5, 0.6) is 0 Å². The van der Waals surface area contributed by atoms with Gasteiger partial charge < -0.3 is 25.8 Å². The number of benzene rings is 3. The fraction of sp³-hybridized carbons (Fsp3) is 0.323. The second-order valence-corrected chi connectivity index (χ2v) is 10.4. The normalized spacial score (nSPS) is 14.2. The van der Waals surface area contributed by atoms with Gasteiger partial charge in [-0.15, -0.1) is 0 Å². The third-order valence-electron chi connectivity index (χ3n) is 7.71. The number of fused-ring (bicyclic) bond motifs is 3. The van der Waals surface area contributed by atoms with E-state index in [1.54, 1.807) is 6.07 Å². The van der Waals surface area contributed by atoms with Crippen LogP contribution in [0.1, 0.15) is 52.5 Å². The first-order chi connectivity index (χ1) is 18.8. The number of carbonyl (C=O) groups excluding carboxylic acids is 3. The number of H-pyrrole nitrogens is 1. The number of nitrogens with one attached hydrogen (secondary N) is 2. The summed E-state index contributed by atoms with van der Waals surface area (Å²) in [5.74, 6) is -0.530. The molecule has 8 nitrogen and oxygen atoms in total. The average Bonchev–Trinajstić information content (AvgIpc) is 3.31. The Kier molecular flexibility index (Phi) is 7.39. The Morgan fingerprint density at radius 2 is 1.77 bits per heavy atom. The molecule has 1 saturated heterocycles. The van der Waals surface area contributed by atoms with Crippen LogP contribution in [0.4, 0.5) is 5.69 Å². The van der Waals surface area contributed by atoms with Crippen molar-refractivity contribution in [2.45, 2.75) is 33.1 Å². The largest absolute Gasteiger partial charge is 0.366 e. The topological polar surface area (TPSA) is 112 Å². The summed E-state index contributed by atoms with van der Waals surface area (Å²) in [6.07, 6.45) is 2.28. The van der Waals surface area contributed by atoms with Gasteiger partial charge >= 0.3 is 0 Å². The monoisotopic (exact) mass is 525 g/mol.